The van der Waals surface area contributed by atoms with Gasteiger partial charge in [-0.05, 0) is 42.0 Å². The van der Waals surface area contributed by atoms with Gasteiger partial charge in [0, 0.05) is 11.6 Å². The minimum absolute atomic E-state index is 0.0381. The van der Waals surface area contributed by atoms with Gasteiger partial charge in [-0.25, -0.2) is 4.39 Å². The third kappa shape index (κ3) is 3.51. The van der Waals surface area contributed by atoms with E-state index in [0.29, 0.717) is 28.2 Å². The normalized spacial score (nSPS) is 10.8. The van der Waals surface area contributed by atoms with Crippen LogP contribution >= 0.6 is 0 Å². The van der Waals surface area contributed by atoms with Gasteiger partial charge in [-0.15, -0.1) is 0 Å². The molecule has 0 aliphatic rings. The SMILES string of the molecule is COc1ccc(-c2oc3c(-c4ccc(F)cc4)c(OC)cc(OC)c3c(=O)c2OC)cc1. The van der Waals surface area contributed by atoms with Crippen LogP contribution in [-0.2, 0) is 0 Å². The van der Waals surface area contributed by atoms with Crippen LogP contribution in [0.2, 0.25) is 0 Å². The van der Waals surface area contributed by atoms with E-state index < -0.39 is 5.43 Å². The van der Waals surface area contributed by atoms with Crippen LogP contribution in [0.15, 0.2) is 63.8 Å². The lowest BCUT2D eigenvalue weighted by molar-refractivity contribution is 0.389. The molecule has 32 heavy (non-hydrogen) atoms. The predicted molar refractivity (Wildman–Crippen MR) is 120 cm³/mol. The van der Waals surface area contributed by atoms with E-state index in [1.165, 1.54) is 33.5 Å². The Labute approximate surface area is 183 Å². The quantitative estimate of drug-likeness (QED) is 0.409. The molecule has 7 heteroatoms. The first-order valence-corrected chi connectivity index (χ1v) is 9.72. The molecular formula is C25H21FO6. The molecular weight excluding hydrogens is 415 g/mol. The fraction of sp³-hybridized carbons (Fsp3) is 0.160. The summed E-state index contributed by atoms with van der Waals surface area (Å²) in [7, 11) is 5.93. The van der Waals surface area contributed by atoms with Crippen LogP contribution < -0.4 is 24.4 Å². The maximum absolute atomic E-state index is 13.6. The van der Waals surface area contributed by atoms with Crippen LogP contribution in [0.3, 0.4) is 0 Å². The summed E-state index contributed by atoms with van der Waals surface area (Å²) in [6, 6.07) is 14.5. The highest BCUT2D eigenvalue weighted by Crippen LogP contribution is 2.44. The van der Waals surface area contributed by atoms with E-state index >= 15 is 0 Å². The van der Waals surface area contributed by atoms with E-state index in [2.05, 4.69) is 0 Å². The number of rotatable bonds is 6. The van der Waals surface area contributed by atoms with Gasteiger partial charge in [0.2, 0.25) is 11.2 Å². The summed E-state index contributed by atoms with van der Waals surface area (Å²) in [6.07, 6.45) is 0. The van der Waals surface area contributed by atoms with E-state index in [4.69, 9.17) is 23.4 Å². The molecule has 1 aromatic heterocycles. The largest absolute Gasteiger partial charge is 0.497 e. The van der Waals surface area contributed by atoms with Crippen LogP contribution in [-0.4, -0.2) is 28.4 Å². The third-order valence-electron chi connectivity index (χ3n) is 5.18. The Morgan fingerprint density at radius 3 is 1.94 bits per heavy atom. The molecule has 0 aliphatic heterocycles. The van der Waals surface area contributed by atoms with E-state index in [-0.39, 0.29) is 34.0 Å². The average Bonchev–Trinajstić information content (AvgIpc) is 2.83. The molecule has 6 nitrogen and oxygen atoms in total. The molecule has 4 rings (SSSR count). The first kappa shape index (κ1) is 21.2. The Morgan fingerprint density at radius 1 is 0.750 bits per heavy atom. The second-order valence-corrected chi connectivity index (χ2v) is 6.89. The molecule has 4 aromatic rings. The summed E-state index contributed by atoms with van der Waals surface area (Å²) in [4.78, 5) is 13.5. The Balaban J connectivity index is 2.14. The van der Waals surface area contributed by atoms with Gasteiger partial charge < -0.3 is 23.4 Å². The Bertz CT molecular complexity index is 1320. The third-order valence-corrected chi connectivity index (χ3v) is 5.18. The fourth-order valence-corrected chi connectivity index (χ4v) is 3.62. The lowest BCUT2D eigenvalue weighted by atomic mass is 9.99. The minimum atomic E-state index is -0.401. The summed E-state index contributed by atoms with van der Waals surface area (Å²) in [5.41, 5.74) is 1.57. The number of ether oxygens (including phenoxy) is 4. The molecule has 0 saturated heterocycles. The van der Waals surface area contributed by atoms with Crippen molar-refractivity contribution in [3.63, 3.8) is 0 Å². The Morgan fingerprint density at radius 2 is 1.38 bits per heavy atom. The Hall–Kier alpha value is -4.00. The van der Waals surface area contributed by atoms with Crippen LogP contribution in [0.5, 0.6) is 23.0 Å². The van der Waals surface area contributed by atoms with Gasteiger partial charge in [0.25, 0.3) is 0 Å². The van der Waals surface area contributed by atoms with Gasteiger partial charge in [-0.2, -0.15) is 0 Å². The van der Waals surface area contributed by atoms with Crippen molar-refractivity contribution in [2.45, 2.75) is 0 Å². The van der Waals surface area contributed by atoms with Gasteiger partial charge >= 0.3 is 0 Å². The number of halogens is 1. The molecule has 0 amide bonds. The Kier molecular flexibility index (Phi) is 5.73. The molecule has 0 saturated carbocycles. The standard InChI is InChI=1S/C25H21FO6/c1-28-17-11-7-15(8-12-17)23-25(31-4)22(27)21-19(30-3)13-18(29-2)20(24(21)32-23)14-5-9-16(26)10-6-14/h5-13H,1-4H3. The zero-order valence-electron chi connectivity index (χ0n) is 18.0. The number of methoxy groups -OCH3 is 4. The number of hydrogen-bond acceptors (Lipinski definition) is 6. The van der Waals surface area contributed by atoms with E-state index in [1.807, 2.05) is 0 Å². The molecule has 1 heterocycles. The lowest BCUT2D eigenvalue weighted by Crippen LogP contribution is -2.10. The fourth-order valence-electron chi connectivity index (χ4n) is 3.62. The van der Waals surface area contributed by atoms with Crippen molar-refractivity contribution in [1.82, 2.24) is 0 Å². The van der Waals surface area contributed by atoms with Gasteiger partial charge in [0.05, 0.1) is 34.0 Å². The first-order valence-electron chi connectivity index (χ1n) is 9.72. The van der Waals surface area contributed by atoms with Gasteiger partial charge in [-0.1, -0.05) is 12.1 Å². The maximum atomic E-state index is 13.6. The van der Waals surface area contributed by atoms with Crippen LogP contribution in [0, 0.1) is 5.82 Å². The first-order chi connectivity index (χ1) is 15.5. The monoisotopic (exact) mass is 436 g/mol. The van der Waals surface area contributed by atoms with Crippen LogP contribution in [0.25, 0.3) is 33.4 Å². The molecule has 0 atom stereocenters. The average molecular weight is 436 g/mol. The van der Waals surface area contributed by atoms with Crippen molar-refractivity contribution >= 4 is 11.0 Å². The second kappa shape index (κ2) is 8.63. The van der Waals surface area contributed by atoms with Crippen molar-refractivity contribution in [2.24, 2.45) is 0 Å². The minimum Gasteiger partial charge on any atom is -0.497 e. The highest BCUT2D eigenvalue weighted by atomic mass is 19.1. The number of fused-ring (bicyclic) bond motifs is 1. The molecule has 0 bridgehead atoms. The summed E-state index contributed by atoms with van der Waals surface area (Å²) in [6.45, 7) is 0. The summed E-state index contributed by atoms with van der Waals surface area (Å²) in [5, 5.41) is 0.196. The topological polar surface area (TPSA) is 67.1 Å². The molecule has 0 fully saturated rings. The molecule has 3 aromatic carbocycles. The zero-order valence-corrected chi connectivity index (χ0v) is 18.0. The highest BCUT2D eigenvalue weighted by Gasteiger charge is 2.25. The van der Waals surface area contributed by atoms with Crippen LogP contribution in [0.1, 0.15) is 0 Å². The van der Waals surface area contributed by atoms with Gasteiger partial charge in [0.15, 0.2) is 11.3 Å². The van der Waals surface area contributed by atoms with Crippen molar-refractivity contribution in [2.75, 3.05) is 28.4 Å². The lowest BCUT2D eigenvalue weighted by Gasteiger charge is -2.17. The number of benzene rings is 3. The smallest absolute Gasteiger partial charge is 0.239 e. The predicted octanol–water partition coefficient (Wildman–Crippen LogP) is 5.30. The maximum Gasteiger partial charge on any atom is 0.239 e. The summed E-state index contributed by atoms with van der Waals surface area (Å²) in [5.74, 6) is 1.24. The van der Waals surface area contributed by atoms with E-state index in [9.17, 15) is 9.18 Å². The van der Waals surface area contributed by atoms with Crippen molar-refractivity contribution < 1.29 is 27.8 Å². The van der Waals surface area contributed by atoms with Crippen molar-refractivity contribution in [3.05, 3.63) is 70.6 Å². The summed E-state index contributed by atoms with van der Waals surface area (Å²) >= 11 is 0. The molecule has 0 aliphatic carbocycles. The zero-order chi connectivity index (χ0) is 22.8. The highest BCUT2D eigenvalue weighted by molar-refractivity contribution is 6.00. The van der Waals surface area contributed by atoms with E-state index in [0.717, 1.165) is 0 Å². The second-order valence-electron chi connectivity index (χ2n) is 6.89. The van der Waals surface area contributed by atoms with Crippen molar-refractivity contribution in [3.8, 4) is 45.4 Å². The van der Waals surface area contributed by atoms with Crippen molar-refractivity contribution in [1.29, 1.82) is 0 Å². The summed E-state index contributed by atoms with van der Waals surface area (Å²) < 4.78 is 41.6. The van der Waals surface area contributed by atoms with E-state index in [1.54, 1.807) is 49.6 Å². The van der Waals surface area contributed by atoms with Gasteiger partial charge in [-0.3, -0.25) is 4.79 Å². The molecule has 164 valence electrons. The van der Waals surface area contributed by atoms with Gasteiger partial charge in [0.1, 0.15) is 28.5 Å². The molecule has 0 spiro atoms. The molecule has 0 radical (unpaired) electrons. The molecule has 0 N–H and O–H groups in total. The number of hydrogen-bond donors (Lipinski definition) is 0. The molecule has 0 unspecified atom stereocenters. The van der Waals surface area contributed by atoms with Crippen LogP contribution in [0.4, 0.5) is 4.39 Å².